The number of amides is 1. The van der Waals surface area contributed by atoms with Crippen LogP contribution in [-0.2, 0) is 11.3 Å². The summed E-state index contributed by atoms with van der Waals surface area (Å²) in [7, 11) is 0. The third-order valence-electron chi connectivity index (χ3n) is 2.93. The molecule has 0 saturated carbocycles. The van der Waals surface area contributed by atoms with Gasteiger partial charge in [0.2, 0.25) is 6.54 Å². The fraction of sp³-hybridized carbons (Fsp3) is 0.200. The Kier molecular flexibility index (Phi) is 4.17. The third kappa shape index (κ3) is 3.55. The molecule has 0 aliphatic rings. The number of aryl methyl sites for hydroxylation is 1. The van der Waals surface area contributed by atoms with Gasteiger partial charge in [0.05, 0.1) is 0 Å². The number of rotatable bonds is 3. The minimum absolute atomic E-state index is 0.0702. The molecule has 1 aromatic heterocycles. The van der Waals surface area contributed by atoms with Gasteiger partial charge in [0.25, 0.3) is 5.91 Å². The van der Waals surface area contributed by atoms with Crippen molar-refractivity contribution in [3.8, 4) is 0 Å². The lowest BCUT2D eigenvalue weighted by Crippen LogP contribution is -2.39. The second-order valence-electron chi connectivity index (χ2n) is 4.51. The van der Waals surface area contributed by atoms with Crippen molar-refractivity contribution in [2.24, 2.45) is 0 Å². The SMILES string of the molecule is Cc1cc[n+](CC(=O)Nc2cccc(Cl)c2C)cc1. The normalized spacial score (nSPS) is 10.3. The van der Waals surface area contributed by atoms with E-state index in [2.05, 4.69) is 5.32 Å². The fourth-order valence-corrected chi connectivity index (χ4v) is 1.91. The zero-order chi connectivity index (χ0) is 13.8. The molecule has 2 rings (SSSR count). The maximum Gasteiger partial charge on any atom is 0.290 e. The molecule has 0 fully saturated rings. The number of benzene rings is 1. The first-order valence-corrected chi connectivity index (χ1v) is 6.45. The first-order chi connectivity index (χ1) is 9.06. The molecular formula is C15H16ClN2O+. The molecule has 4 heteroatoms. The fourth-order valence-electron chi connectivity index (χ4n) is 1.74. The number of pyridine rings is 1. The van der Waals surface area contributed by atoms with Crippen LogP contribution in [0.2, 0.25) is 5.02 Å². The van der Waals surface area contributed by atoms with Gasteiger partial charge < -0.3 is 5.32 Å². The van der Waals surface area contributed by atoms with Crippen molar-refractivity contribution in [2.75, 3.05) is 5.32 Å². The van der Waals surface area contributed by atoms with E-state index in [0.717, 1.165) is 11.3 Å². The highest BCUT2D eigenvalue weighted by Crippen LogP contribution is 2.22. The Labute approximate surface area is 117 Å². The van der Waals surface area contributed by atoms with Crippen LogP contribution in [0, 0.1) is 13.8 Å². The van der Waals surface area contributed by atoms with Crippen molar-refractivity contribution in [1.29, 1.82) is 0 Å². The molecule has 1 N–H and O–H groups in total. The molecule has 0 saturated heterocycles. The number of carbonyl (C=O) groups is 1. The molecule has 3 nitrogen and oxygen atoms in total. The van der Waals surface area contributed by atoms with E-state index >= 15 is 0 Å². The molecular weight excluding hydrogens is 260 g/mol. The largest absolute Gasteiger partial charge is 0.320 e. The van der Waals surface area contributed by atoms with E-state index in [1.807, 2.05) is 55.1 Å². The van der Waals surface area contributed by atoms with E-state index in [4.69, 9.17) is 11.6 Å². The summed E-state index contributed by atoms with van der Waals surface area (Å²) in [6, 6.07) is 9.42. The zero-order valence-corrected chi connectivity index (χ0v) is 11.7. The highest BCUT2D eigenvalue weighted by Gasteiger charge is 2.11. The summed E-state index contributed by atoms with van der Waals surface area (Å²) in [4.78, 5) is 12.0. The molecule has 0 atom stereocenters. The first kappa shape index (κ1) is 13.6. The van der Waals surface area contributed by atoms with Crippen LogP contribution >= 0.6 is 11.6 Å². The molecule has 2 aromatic rings. The van der Waals surface area contributed by atoms with E-state index in [-0.39, 0.29) is 12.5 Å². The zero-order valence-electron chi connectivity index (χ0n) is 11.0. The van der Waals surface area contributed by atoms with Crippen LogP contribution in [0.5, 0.6) is 0 Å². The number of halogens is 1. The number of nitrogens with zero attached hydrogens (tertiary/aromatic N) is 1. The molecule has 98 valence electrons. The minimum Gasteiger partial charge on any atom is -0.320 e. The summed E-state index contributed by atoms with van der Waals surface area (Å²) in [5.74, 6) is -0.0702. The Bertz CT molecular complexity index is 594. The van der Waals surface area contributed by atoms with Crippen molar-refractivity contribution >= 4 is 23.2 Å². The van der Waals surface area contributed by atoms with Crippen LogP contribution in [0.1, 0.15) is 11.1 Å². The predicted octanol–water partition coefficient (Wildman–Crippen LogP) is 2.88. The van der Waals surface area contributed by atoms with Crippen LogP contribution in [-0.4, -0.2) is 5.91 Å². The Balaban J connectivity index is 2.05. The molecule has 19 heavy (non-hydrogen) atoms. The summed E-state index contributed by atoms with van der Waals surface area (Å²) in [6.07, 6.45) is 3.78. The van der Waals surface area contributed by atoms with E-state index < -0.39 is 0 Å². The lowest BCUT2D eigenvalue weighted by molar-refractivity contribution is -0.684. The van der Waals surface area contributed by atoms with Crippen LogP contribution in [0.4, 0.5) is 5.69 Å². The van der Waals surface area contributed by atoms with Crippen LogP contribution in [0.3, 0.4) is 0 Å². The smallest absolute Gasteiger partial charge is 0.290 e. The molecule has 1 aromatic carbocycles. The maximum absolute atomic E-state index is 12.0. The number of nitrogens with one attached hydrogen (secondary N) is 1. The molecule has 0 aliphatic carbocycles. The number of hydrogen-bond donors (Lipinski definition) is 1. The maximum atomic E-state index is 12.0. The topological polar surface area (TPSA) is 33.0 Å². The quantitative estimate of drug-likeness (QED) is 0.859. The van der Waals surface area contributed by atoms with Gasteiger partial charge in [-0.1, -0.05) is 17.7 Å². The molecule has 0 unspecified atom stereocenters. The summed E-state index contributed by atoms with van der Waals surface area (Å²) < 4.78 is 1.84. The monoisotopic (exact) mass is 275 g/mol. The van der Waals surface area contributed by atoms with Gasteiger partial charge in [0, 0.05) is 22.8 Å². The van der Waals surface area contributed by atoms with E-state index in [1.54, 1.807) is 6.07 Å². The Morgan fingerprint density at radius 3 is 2.58 bits per heavy atom. The second kappa shape index (κ2) is 5.85. The summed E-state index contributed by atoms with van der Waals surface area (Å²) in [5.41, 5.74) is 2.80. The van der Waals surface area contributed by atoms with Crippen LogP contribution in [0.25, 0.3) is 0 Å². The van der Waals surface area contributed by atoms with Crippen molar-refractivity contribution in [3.63, 3.8) is 0 Å². The third-order valence-corrected chi connectivity index (χ3v) is 3.34. The van der Waals surface area contributed by atoms with Crippen LogP contribution in [0.15, 0.2) is 42.7 Å². The molecule has 0 aliphatic heterocycles. The number of aromatic nitrogens is 1. The lowest BCUT2D eigenvalue weighted by Gasteiger charge is -2.07. The molecule has 1 heterocycles. The van der Waals surface area contributed by atoms with Crippen LogP contribution < -0.4 is 9.88 Å². The average molecular weight is 276 g/mol. The minimum atomic E-state index is -0.0702. The van der Waals surface area contributed by atoms with E-state index in [9.17, 15) is 4.79 Å². The Hall–Kier alpha value is -1.87. The van der Waals surface area contributed by atoms with E-state index in [1.165, 1.54) is 5.56 Å². The highest BCUT2D eigenvalue weighted by atomic mass is 35.5. The van der Waals surface area contributed by atoms with Crippen molar-refractivity contribution in [3.05, 3.63) is 58.9 Å². The van der Waals surface area contributed by atoms with Gasteiger partial charge in [0.15, 0.2) is 12.4 Å². The highest BCUT2D eigenvalue weighted by molar-refractivity contribution is 6.31. The molecule has 1 amide bonds. The first-order valence-electron chi connectivity index (χ1n) is 6.07. The van der Waals surface area contributed by atoms with E-state index in [0.29, 0.717) is 5.02 Å². The van der Waals surface area contributed by atoms with Gasteiger partial charge in [-0.3, -0.25) is 4.79 Å². The van der Waals surface area contributed by atoms with Gasteiger partial charge in [-0.25, -0.2) is 0 Å². The number of anilines is 1. The summed E-state index contributed by atoms with van der Waals surface area (Å²) >= 11 is 6.02. The van der Waals surface area contributed by atoms with Gasteiger partial charge >= 0.3 is 0 Å². The van der Waals surface area contributed by atoms with Crippen molar-refractivity contribution < 1.29 is 9.36 Å². The summed E-state index contributed by atoms with van der Waals surface area (Å²) in [5, 5.41) is 3.52. The molecule has 0 spiro atoms. The molecule has 0 bridgehead atoms. The summed E-state index contributed by atoms with van der Waals surface area (Å²) in [6.45, 7) is 4.18. The lowest BCUT2D eigenvalue weighted by atomic mass is 10.2. The number of hydrogen-bond acceptors (Lipinski definition) is 1. The number of carbonyl (C=O) groups excluding carboxylic acids is 1. The average Bonchev–Trinajstić information content (AvgIpc) is 2.38. The predicted molar refractivity (Wildman–Crippen MR) is 76.2 cm³/mol. The Morgan fingerprint density at radius 1 is 1.21 bits per heavy atom. The standard InChI is InChI=1S/C15H15ClN2O/c1-11-6-8-18(9-7-11)10-15(19)17-14-5-3-4-13(16)12(14)2/h3-9H,10H2,1-2H3/p+1. The molecule has 0 radical (unpaired) electrons. The van der Waals surface area contributed by atoms with Gasteiger partial charge in [0.1, 0.15) is 0 Å². The van der Waals surface area contributed by atoms with Gasteiger partial charge in [-0.15, -0.1) is 0 Å². The second-order valence-corrected chi connectivity index (χ2v) is 4.92. The van der Waals surface area contributed by atoms with Crippen molar-refractivity contribution in [1.82, 2.24) is 0 Å². The van der Waals surface area contributed by atoms with Gasteiger partial charge in [-0.05, 0) is 37.1 Å². The van der Waals surface area contributed by atoms with Gasteiger partial charge in [-0.2, -0.15) is 4.57 Å². The van der Waals surface area contributed by atoms with Crippen molar-refractivity contribution in [2.45, 2.75) is 20.4 Å². The Morgan fingerprint density at radius 2 is 1.89 bits per heavy atom.